The van der Waals surface area contributed by atoms with Crippen molar-refractivity contribution >= 4 is 23.2 Å². The first kappa shape index (κ1) is 20.1. The van der Waals surface area contributed by atoms with Crippen LogP contribution in [0.25, 0.3) is 0 Å². The molecule has 0 bridgehead atoms. The molecule has 148 valence electrons. The summed E-state index contributed by atoms with van der Waals surface area (Å²) in [7, 11) is 0. The summed E-state index contributed by atoms with van der Waals surface area (Å²) in [6.45, 7) is 3.96. The quantitative estimate of drug-likeness (QED) is 0.618. The molecule has 5 nitrogen and oxygen atoms in total. The number of ether oxygens (including phenoxy) is 1. The molecule has 3 rings (SSSR count). The molecule has 6 heteroatoms. The third-order valence-corrected chi connectivity index (χ3v) is 4.28. The van der Waals surface area contributed by atoms with E-state index < -0.39 is 11.7 Å². The van der Waals surface area contributed by atoms with Crippen LogP contribution in [0.15, 0.2) is 66.7 Å². The van der Waals surface area contributed by atoms with Gasteiger partial charge < -0.3 is 15.4 Å². The maximum atomic E-state index is 13.5. The molecule has 0 aliphatic heterocycles. The van der Waals surface area contributed by atoms with E-state index in [1.807, 2.05) is 13.0 Å². The van der Waals surface area contributed by atoms with Gasteiger partial charge in [-0.1, -0.05) is 24.3 Å². The van der Waals surface area contributed by atoms with Gasteiger partial charge in [0.15, 0.2) is 0 Å². The number of benzene rings is 3. The average Bonchev–Trinajstić information content (AvgIpc) is 2.72. The van der Waals surface area contributed by atoms with E-state index in [2.05, 4.69) is 10.6 Å². The van der Waals surface area contributed by atoms with Gasteiger partial charge in [0, 0.05) is 22.9 Å². The Hall–Kier alpha value is -3.67. The zero-order chi connectivity index (χ0) is 20.8. The van der Waals surface area contributed by atoms with Crippen molar-refractivity contribution in [3.63, 3.8) is 0 Å². The Morgan fingerprint density at radius 3 is 2.28 bits per heavy atom. The summed E-state index contributed by atoms with van der Waals surface area (Å²) in [5, 5.41) is 5.56. The van der Waals surface area contributed by atoms with E-state index in [0.29, 0.717) is 29.1 Å². The van der Waals surface area contributed by atoms with Gasteiger partial charge in [-0.05, 0) is 55.8 Å². The Balaban J connectivity index is 1.80. The molecule has 0 radical (unpaired) electrons. The van der Waals surface area contributed by atoms with Crippen LogP contribution < -0.4 is 15.4 Å². The molecule has 2 N–H and O–H groups in total. The molecule has 0 aliphatic carbocycles. The van der Waals surface area contributed by atoms with Crippen LogP contribution in [0.1, 0.15) is 33.2 Å². The number of hydrogen-bond donors (Lipinski definition) is 2. The van der Waals surface area contributed by atoms with Gasteiger partial charge >= 0.3 is 0 Å². The third-order valence-electron chi connectivity index (χ3n) is 4.28. The standard InChI is InChI=1S/C23H21FN2O3/c1-3-29-21-14-18(24)11-12-19(21)25-23(28)17-10-9-15(2)20(13-17)26-22(27)16-7-5-4-6-8-16/h4-14H,3H2,1-2H3,(H,25,28)(H,26,27). The molecule has 0 unspecified atom stereocenters. The smallest absolute Gasteiger partial charge is 0.255 e. The van der Waals surface area contributed by atoms with Crippen molar-refractivity contribution in [2.24, 2.45) is 0 Å². The minimum atomic E-state index is -0.451. The zero-order valence-electron chi connectivity index (χ0n) is 16.2. The highest BCUT2D eigenvalue weighted by molar-refractivity contribution is 6.08. The van der Waals surface area contributed by atoms with Gasteiger partial charge in [0.25, 0.3) is 11.8 Å². The normalized spacial score (nSPS) is 10.3. The molecule has 0 fully saturated rings. The molecule has 0 heterocycles. The number of rotatable bonds is 6. The van der Waals surface area contributed by atoms with Gasteiger partial charge in [-0.15, -0.1) is 0 Å². The van der Waals surface area contributed by atoms with E-state index in [9.17, 15) is 14.0 Å². The number of carbonyl (C=O) groups is 2. The number of hydrogen-bond acceptors (Lipinski definition) is 3. The first-order chi connectivity index (χ1) is 14.0. The van der Waals surface area contributed by atoms with Crippen LogP contribution in [0.5, 0.6) is 5.75 Å². The van der Waals surface area contributed by atoms with Crippen molar-refractivity contribution in [2.75, 3.05) is 17.2 Å². The van der Waals surface area contributed by atoms with Crippen molar-refractivity contribution in [3.05, 3.63) is 89.2 Å². The minimum absolute atomic E-state index is 0.255. The Labute approximate surface area is 168 Å². The molecule has 0 atom stereocenters. The lowest BCUT2D eigenvalue weighted by Crippen LogP contribution is -2.16. The first-order valence-corrected chi connectivity index (χ1v) is 9.18. The highest BCUT2D eigenvalue weighted by Gasteiger charge is 2.14. The molecule has 3 aromatic carbocycles. The Morgan fingerprint density at radius 1 is 0.862 bits per heavy atom. The van der Waals surface area contributed by atoms with Crippen LogP contribution in [0, 0.1) is 12.7 Å². The van der Waals surface area contributed by atoms with Crippen molar-refractivity contribution in [1.29, 1.82) is 0 Å². The van der Waals surface area contributed by atoms with Crippen molar-refractivity contribution < 1.29 is 18.7 Å². The molecule has 29 heavy (non-hydrogen) atoms. The Morgan fingerprint density at radius 2 is 1.55 bits per heavy atom. The van der Waals surface area contributed by atoms with E-state index in [-0.39, 0.29) is 11.7 Å². The predicted molar refractivity (Wildman–Crippen MR) is 111 cm³/mol. The maximum absolute atomic E-state index is 13.5. The summed E-state index contributed by atoms with van der Waals surface area (Å²) in [6.07, 6.45) is 0. The van der Waals surface area contributed by atoms with Crippen LogP contribution in [-0.4, -0.2) is 18.4 Å². The Kier molecular flexibility index (Phi) is 6.24. The van der Waals surface area contributed by atoms with Gasteiger partial charge in [0.2, 0.25) is 0 Å². The van der Waals surface area contributed by atoms with E-state index in [0.717, 1.165) is 5.56 Å². The molecule has 0 aliphatic rings. The average molecular weight is 392 g/mol. The van der Waals surface area contributed by atoms with Crippen LogP contribution in [0.2, 0.25) is 0 Å². The molecule has 0 saturated carbocycles. The van der Waals surface area contributed by atoms with E-state index in [1.165, 1.54) is 18.2 Å². The van der Waals surface area contributed by atoms with Crippen LogP contribution in [-0.2, 0) is 0 Å². The monoisotopic (exact) mass is 392 g/mol. The zero-order valence-corrected chi connectivity index (χ0v) is 16.2. The summed E-state index contributed by atoms with van der Waals surface area (Å²) < 4.78 is 18.8. The van der Waals surface area contributed by atoms with Crippen molar-refractivity contribution in [2.45, 2.75) is 13.8 Å². The van der Waals surface area contributed by atoms with Crippen molar-refractivity contribution in [1.82, 2.24) is 0 Å². The number of halogens is 1. The minimum Gasteiger partial charge on any atom is -0.492 e. The van der Waals surface area contributed by atoms with Crippen LogP contribution >= 0.6 is 0 Å². The lowest BCUT2D eigenvalue weighted by atomic mass is 10.1. The fourth-order valence-corrected chi connectivity index (χ4v) is 2.75. The fraction of sp³-hybridized carbons (Fsp3) is 0.130. The highest BCUT2D eigenvalue weighted by atomic mass is 19.1. The second-order valence-corrected chi connectivity index (χ2v) is 6.38. The molecule has 2 amide bonds. The van der Waals surface area contributed by atoms with Gasteiger partial charge in [-0.3, -0.25) is 9.59 Å². The molecule has 3 aromatic rings. The lowest BCUT2D eigenvalue weighted by Gasteiger charge is -2.13. The fourth-order valence-electron chi connectivity index (χ4n) is 2.75. The highest BCUT2D eigenvalue weighted by Crippen LogP contribution is 2.26. The summed E-state index contributed by atoms with van der Waals surface area (Å²) in [5.74, 6) is -0.852. The van der Waals surface area contributed by atoms with E-state index >= 15 is 0 Å². The first-order valence-electron chi connectivity index (χ1n) is 9.18. The summed E-state index contributed by atoms with van der Waals surface area (Å²) in [4.78, 5) is 25.1. The lowest BCUT2D eigenvalue weighted by molar-refractivity contribution is 0.101. The SMILES string of the molecule is CCOc1cc(F)ccc1NC(=O)c1ccc(C)c(NC(=O)c2ccccc2)c1. The topological polar surface area (TPSA) is 67.4 Å². The largest absolute Gasteiger partial charge is 0.492 e. The summed E-state index contributed by atoms with van der Waals surface area (Å²) >= 11 is 0. The maximum Gasteiger partial charge on any atom is 0.255 e. The summed E-state index contributed by atoms with van der Waals surface area (Å²) in [5.41, 5.74) is 2.60. The number of anilines is 2. The number of nitrogens with one attached hydrogen (secondary N) is 2. The number of carbonyl (C=O) groups excluding carboxylic acids is 2. The third kappa shape index (κ3) is 4.99. The van der Waals surface area contributed by atoms with Crippen LogP contribution in [0.3, 0.4) is 0 Å². The van der Waals surface area contributed by atoms with Crippen molar-refractivity contribution in [3.8, 4) is 5.75 Å². The number of amides is 2. The second-order valence-electron chi connectivity index (χ2n) is 6.38. The van der Waals surface area contributed by atoms with Gasteiger partial charge in [0.05, 0.1) is 12.3 Å². The second kappa shape index (κ2) is 9.01. The van der Waals surface area contributed by atoms with Crippen LogP contribution in [0.4, 0.5) is 15.8 Å². The molecule has 0 saturated heterocycles. The Bertz CT molecular complexity index is 1040. The predicted octanol–water partition coefficient (Wildman–Crippen LogP) is 5.04. The molecule has 0 spiro atoms. The van der Waals surface area contributed by atoms with Gasteiger partial charge in [-0.25, -0.2) is 4.39 Å². The van der Waals surface area contributed by atoms with Gasteiger partial charge in [0.1, 0.15) is 11.6 Å². The number of aryl methyl sites for hydroxylation is 1. The summed E-state index contributed by atoms with van der Waals surface area (Å²) in [6, 6.07) is 17.8. The molecular formula is C23H21FN2O3. The molecular weight excluding hydrogens is 371 g/mol. The molecule has 0 aromatic heterocycles. The van der Waals surface area contributed by atoms with E-state index in [4.69, 9.17) is 4.74 Å². The van der Waals surface area contributed by atoms with E-state index in [1.54, 1.807) is 49.4 Å². The van der Waals surface area contributed by atoms with Gasteiger partial charge in [-0.2, -0.15) is 0 Å².